The van der Waals surface area contributed by atoms with Crippen LogP contribution >= 0.6 is 7.92 Å². The molecule has 0 spiro atoms. The SMILES string of the molecule is CCCCCCP(CCCCCC)[c-]1cccc1.[Ni].[cH-]1[cH-][cH-][cH-][cH-]1. The third-order valence-electron chi connectivity index (χ3n) is 4.13. The van der Waals surface area contributed by atoms with Gasteiger partial charge in [-0.15, -0.1) is 13.2 Å². The van der Waals surface area contributed by atoms with Crippen LogP contribution in [0, 0.1) is 0 Å². The summed E-state index contributed by atoms with van der Waals surface area (Å²) in [7, 11) is 0.148. The Morgan fingerprint density at radius 1 is 0.667 bits per heavy atom. The molecule has 0 aromatic heterocycles. The molecule has 0 atom stereocenters. The maximum absolute atomic E-state index is 2.35. The Balaban J connectivity index is 0.000000751. The minimum atomic E-state index is 0. The summed E-state index contributed by atoms with van der Waals surface area (Å²) in [5.74, 6) is 0. The fourth-order valence-electron chi connectivity index (χ4n) is 2.72. The zero-order chi connectivity index (χ0) is 16.6. The van der Waals surface area contributed by atoms with E-state index in [1.807, 2.05) is 30.3 Å². The van der Waals surface area contributed by atoms with Crippen molar-refractivity contribution >= 4 is 13.2 Å². The van der Waals surface area contributed by atoms with Crippen LogP contribution in [0.4, 0.5) is 0 Å². The Hall–Kier alpha value is -0.376. The number of unbranched alkanes of at least 4 members (excludes halogenated alkanes) is 6. The van der Waals surface area contributed by atoms with Crippen LogP contribution < -0.4 is 5.30 Å². The Bertz CT molecular complexity index is 390. The zero-order valence-electron chi connectivity index (χ0n) is 15.5. The first-order valence-corrected chi connectivity index (χ1v) is 11.2. The van der Waals surface area contributed by atoms with Gasteiger partial charge >= 0.3 is 0 Å². The molecule has 144 valence electrons. The summed E-state index contributed by atoms with van der Waals surface area (Å²) in [5, 5.41) is 1.65. The molecule has 2 rings (SSSR count). The molecule has 0 nitrogen and oxygen atoms in total. The van der Waals surface area contributed by atoms with Crippen molar-refractivity contribution in [3.63, 3.8) is 0 Å². The third-order valence-corrected chi connectivity index (χ3v) is 6.87. The quantitative estimate of drug-likeness (QED) is 0.167. The summed E-state index contributed by atoms with van der Waals surface area (Å²) in [6.45, 7) is 4.59. The van der Waals surface area contributed by atoms with Crippen LogP contribution in [0.5, 0.6) is 0 Å². The van der Waals surface area contributed by atoms with Gasteiger partial charge in [-0.3, -0.25) is 0 Å². The van der Waals surface area contributed by atoms with Crippen LogP contribution in [0.2, 0.25) is 0 Å². The average Bonchev–Trinajstić information content (AvgIpc) is 3.28. The fraction of sp³-hybridized carbons (Fsp3) is 0.545. The van der Waals surface area contributed by atoms with Gasteiger partial charge in [-0.25, -0.2) is 12.1 Å². The van der Waals surface area contributed by atoms with Crippen molar-refractivity contribution in [2.75, 3.05) is 12.3 Å². The molecule has 2 aromatic rings. The summed E-state index contributed by atoms with van der Waals surface area (Å²) >= 11 is 0. The Morgan fingerprint density at radius 2 is 1.08 bits per heavy atom. The summed E-state index contributed by atoms with van der Waals surface area (Å²) < 4.78 is 0. The fourth-order valence-corrected chi connectivity index (χ4v) is 5.27. The molecule has 0 N–H and O–H groups in total. The minimum absolute atomic E-state index is 0. The Morgan fingerprint density at radius 3 is 1.46 bits per heavy atom. The predicted octanol–water partition coefficient (Wildman–Crippen LogP) is 7.08. The molecule has 2 heteroatoms. The van der Waals surface area contributed by atoms with E-state index in [0.29, 0.717) is 0 Å². The van der Waals surface area contributed by atoms with Crippen LogP contribution in [0.25, 0.3) is 0 Å². The number of rotatable bonds is 11. The first-order chi connectivity index (χ1) is 11.4. The number of hydrogen-bond acceptors (Lipinski definition) is 0. The van der Waals surface area contributed by atoms with Gasteiger partial charge < -0.3 is 30.3 Å². The molecule has 0 saturated heterocycles. The maximum Gasteiger partial charge on any atom is 0 e. The smallest absolute Gasteiger partial charge is 0 e. The van der Waals surface area contributed by atoms with E-state index in [9.17, 15) is 0 Å². The standard InChI is InChI=1S/C17H30P.C5H5.Ni/c1-3-5-7-11-15-18(16-12-8-6-4-2)17-13-9-10-14-17;1-2-4-5-3-1;/h9-10,13-14H,3-8,11-12,15-16H2,1-2H3;1-5H;/q-1;-5;. The van der Waals surface area contributed by atoms with Crippen molar-refractivity contribution in [1.82, 2.24) is 0 Å². The molecule has 0 unspecified atom stereocenters. The van der Waals surface area contributed by atoms with Crippen LogP contribution in [-0.4, -0.2) is 12.3 Å². The minimum Gasteiger partial charge on any atom is -0.748 e. The van der Waals surface area contributed by atoms with E-state index in [2.05, 4.69) is 38.1 Å². The van der Waals surface area contributed by atoms with Crippen LogP contribution in [0.15, 0.2) is 54.6 Å². The van der Waals surface area contributed by atoms with Gasteiger partial charge in [0.05, 0.1) is 0 Å². The van der Waals surface area contributed by atoms with Crippen molar-refractivity contribution < 1.29 is 16.5 Å². The number of hydrogen-bond donors (Lipinski definition) is 0. The van der Waals surface area contributed by atoms with Gasteiger partial charge in [-0.2, -0.15) is 12.1 Å². The van der Waals surface area contributed by atoms with Gasteiger partial charge in [0, 0.05) is 16.5 Å². The first-order valence-electron chi connectivity index (χ1n) is 9.51. The van der Waals surface area contributed by atoms with Crippen molar-refractivity contribution in [3.05, 3.63) is 54.6 Å². The van der Waals surface area contributed by atoms with Crippen molar-refractivity contribution in [2.45, 2.75) is 65.2 Å². The molecule has 2 aromatic carbocycles. The van der Waals surface area contributed by atoms with Gasteiger partial charge in [0.2, 0.25) is 0 Å². The molecule has 0 amide bonds. The van der Waals surface area contributed by atoms with E-state index in [1.54, 1.807) is 5.30 Å². The third kappa shape index (κ3) is 12.1. The molecule has 0 saturated carbocycles. The molecular formula is C22H35NiP-6. The summed E-state index contributed by atoms with van der Waals surface area (Å²) in [6, 6.07) is 19.1. The second kappa shape index (κ2) is 17.4. The normalized spacial score (nSPS) is 10.1. The van der Waals surface area contributed by atoms with Gasteiger partial charge in [-0.05, 0) is 25.2 Å². The van der Waals surface area contributed by atoms with E-state index >= 15 is 0 Å². The summed E-state index contributed by atoms with van der Waals surface area (Å²) in [6.07, 6.45) is 14.2. The molecule has 0 aliphatic rings. The molecule has 0 fully saturated rings. The molecule has 0 bridgehead atoms. The largest absolute Gasteiger partial charge is 0.748 e. The van der Waals surface area contributed by atoms with E-state index in [0.717, 1.165) is 0 Å². The predicted molar refractivity (Wildman–Crippen MR) is 109 cm³/mol. The second-order valence-electron chi connectivity index (χ2n) is 6.21. The molecule has 24 heavy (non-hydrogen) atoms. The van der Waals surface area contributed by atoms with E-state index in [4.69, 9.17) is 0 Å². The second-order valence-corrected chi connectivity index (χ2v) is 8.70. The van der Waals surface area contributed by atoms with Crippen LogP contribution in [-0.2, 0) is 16.5 Å². The van der Waals surface area contributed by atoms with Crippen LogP contribution in [0.1, 0.15) is 65.2 Å². The Kier molecular flexibility index (Phi) is 17.2. The van der Waals surface area contributed by atoms with Gasteiger partial charge in [-0.1, -0.05) is 52.4 Å². The van der Waals surface area contributed by atoms with Crippen molar-refractivity contribution in [3.8, 4) is 0 Å². The monoisotopic (exact) mass is 388 g/mol. The van der Waals surface area contributed by atoms with Crippen molar-refractivity contribution in [2.24, 2.45) is 0 Å². The van der Waals surface area contributed by atoms with Crippen LogP contribution in [0.3, 0.4) is 0 Å². The van der Waals surface area contributed by atoms with E-state index in [1.165, 1.54) is 63.7 Å². The first kappa shape index (κ1) is 23.6. The molecule has 0 aliphatic carbocycles. The topological polar surface area (TPSA) is 0 Å². The van der Waals surface area contributed by atoms with E-state index < -0.39 is 0 Å². The van der Waals surface area contributed by atoms with Crippen molar-refractivity contribution in [1.29, 1.82) is 0 Å². The zero-order valence-corrected chi connectivity index (χ0v) is 17.4. The molecular weight excluding hydrogens is 354 g/mol. The summed E-state index contributed by atoms with van der Waals surface area (Å²) in [4.78, 5) is 0. The molecule has 0 aliphatic heterocycles. The van der Waals surface area contributed by atoms with Gasteiger partial charge in [0.25, 0.3) is 0 Å². The van der Waals surface area contributed by atoms with E-state index in [-0.39, 0.29) is 24.4 Å². The average molecular weight is 389 g/mol. The molecule has 0 radical (unpaired) electrons. The molecule has 0 heterocycles. The Labute approximate surface area is 161 Å². The maximum atomic E-state index is 2.35. The summed E-state index contributed by atoms with van der Waals surface area (Å²) in [5.41, 5.74) is 0. The van der Waals surface area contributed by atoms with Gasteiger partial charge in [0.1, 0.15) is 0 Å². The van der Waals surface area contributed by atoms with Gasteiger partial charge in [0.15, 0.2) is 0 Å².